The Morgan fingerprint density at radius 3 is 2.33 bits per heavy atom. The summed E-state index contributed by atoms with van der Waals surface area (Å²) in [6.45, 7) is 8.37. The van der Waals surface area contributed by atoms with E-state index in [9.17, 15) is 4.79 Å². The minimum Gasteiger partial charge on any atom is -0.461 e. The van der Waals surface area contributed by atoms with Crippen LogP contribution >= 0.6 is 0 Å². The Kier molecular flexibility index (Phi) is 3.56. The highest BCUT2D eigenvalue weighted by Crippen LogP contribution is 2.22. The van der Waals surface area contributed by atoms with Crippen LogP contribution in [-0.2, 0) is 18.2 Å². The predicted octanol–water partition coefficient (Wildman–Crippen LogP) is 2.38. The molecule has 0 aromatic carbocycles. The Morgan fingerprint density at radius 2 is 1.93 bits per heavy atom. The highest BCUT2D eigenvalue weighted by molar-refractivity contribution is 5.90. The van der Waals surface area contributed by atoms with Gasteiger partial charge in [-0.25, -0.2) is 4.79 Å². The predicted molar refractivity (Wildman–Crippen MR) is 60.2 cm³/mol. The molecule has 0 aliphatic rings. The quantitative estimate of drug-likeness (QED) is 0.716. The summed E-state index contributed by atoms with van der Waals surface area (Å²) in [4.78, 5) is 11.7. The van der Waals surface area contributed by atoms with Crippen LogP contribution in [0, 0.1) is 13.8 Å². The third-order valence-corrected chi connectivity index (χ3v) is 2.91. The molecule has 0 radical (unpaired) electrons. The second kappa shape index (κ2) is 4.51. The van der Waals surface area contributed by atoms with Gasteiger partial charge in [0.25, 0.3) is 0 Å². The lowest BCUT2D eigenvalue weighted by Gasteiger charge is -2.05. The molecule has 1 aromatic heterocycles. The first-order chi connectivity index (χ1) is 7.04. The van der Waals surface area contributed by atoms with Crippen molar-refractivity contribution in [3.8, 4) is 0 Å². The van der Waals surface area contributed by atoms with Crippen molar-refractivity contribution in [1.29, 1.82) is 0 Å². The van der Waals surface area contributed by atoms with Crippen LogP contribution in [0.3, 0.4) is 0 Å². The van der Waals surface area contributed by atoms with Gasteiger partial charge in [0.15, 0.2) is 0 Å². The molecule has 0 saturated heterocycles. The van der Waals surface area contributed by atoms with Crippen LogP contribution in [0.4, 0.5) is 0 Å². The minimum atomic E-state index is -0.222. The van der Waals surface area contributed by atoms with Crippen LogP contribution in [0.15, 0.2) is 0 Å². The first-order valence-corrected chi connectivity index (χ1v) is 5.36. The zero-order chi connectivity index (χ0) is 11.6. The third kappa shape index (κ3) is 1.91. The summed E-state index contributed by atoms with van der Waals surface area (Å²) in [5, 5.41) is 0. The van der Waals surface area contributed by atoms with Crippen LogP contribution in [0.1, 0.15) is 41.2 Å². The van der Waals surface area contributed by atoms with E-state index >= 15 is 0 Å². The molecule has 0 aliphatic heterocycles. The number of rotatable bonds is 3. The monoisotopic (exact) mass is 209 g/mol. The molecule has 0 amide bonds. The molecule has 1 heterocycles. The Bertz CT molecular complexity index is 377. The largest absolute Gasteiger partial charge is 0.461 e. The van der Waals surface area contributed by atoms with Gasteiger partial charge in [-0.05, 0) is 38.3 Å². The van der Waals surface area contributed by atoms with Gasteiger partial charge in [-0.3, -0.25) is 0 Å². The van der Waals surface area contributed by atoms with E-state index in [-0.39, 0.29) is 5.97 Å². The van der Waals surface area contributed by atoms with Gasteiger partial charge in [-0.15, -0.1) is 0 Å². The molecule has 0 spiro atoms. The molecule has 0 saturated carbocycles. The van der Waals surface area contributed by atoms with Crippen LogP contribution < -0.4 is 0 Å². The fraction of sp³-hybridized carbons (Fsp3) is 0.583. The van der Waals surface area contributed by atoms with Gasteiger partial charge in [0.2, 0.25) is 0 Å². The molecule has 0 unspecified atom stereocenters. The highest BCUT2D eigenvalue weighted by Gasteiger charge is 2.20. The number of nitrogens with zero attached hydrogens (tertiary/aromatic N) is 1. The number of hydrogen-bond acceptors (Lipinski definition) is 2. The fourth-order valence-corrected chi connectivity index (χ4v) is 2.05. The van der Waals surface area contributed by atoms with E-state index < -0.39 is 0 Å². The summed E-state index contributed by atoms with van der Waals surface area (Å²) >= 11 is 0. The van der Waals surface area contributed by atoms with Gasteiger partial charge < -0.3 is 9.30 Å². The molecule has 1 rings (SSSR count). The van der Waals surface area contributed by atoms with Gasteiger partial charge in [-0.2, -0.15) is 0 Å². The first kappa shape index (κ1) is 11.8. The average Bonchev–Trinajstić information content (AvgIpc) is 2.39. The lowest BCUT2D eigenvalue weighted by Crippen LogP contribution is -2.11. The number of carbonyl (C=O) groups is 1. The highest BCUT2D eigenvalue weighted by atomic mass is 16.5. The maximum atomic E-state index is 11.7. The molecule has 3 heteroatoms. The van der Waals surface area contributed by atoms with Crippen LogP contribution in [0.25, 0.3) is 0 Å². The lowest BCUT2D eigenvalue weighted by molar-refractivity contribution is 0.0514. The molecule has 0 aliphatic carbocycles. The summed E-state index contributed by atoms with van der Waals surface area (Å²) < 4.78 is 6.97. The molecule has 15 heavy (non-hydrogen) atoms. The Morgan fingerprint density at radius 1 is 1.33 bits per heavy atom. The molecule has 0 bridgehead atoms. The van der Waals surface area contributed by atoms with Crippen molar-refractivity contribution in [1.82, 2.24) is 4.57 Å². The lowest BCUT2D eigenvalue weighted by atomic mass is 10.1. The van der Waals surface area contributed by atoms with E-state index in [4.69, 9.17) is 4.74 Å². The van der Waals surface area contributed by atoms with Gasteiger partial charge in [0.05, 0.1) is 6.61 Å². The molecule has 0 N–H and O–H groups in total. The molecule has 3 nitrogen and oxygen atoms in total. The molecule has 84 valence electrons. The number of hydrogen-bond donors (Lipinski definition) is 0. The Hall–Kier alpha value is -1.25. The smallest absolute Gasteiger partial charge is 0.355 e. The van der Waals surface area contributed by atoms with Crippen LogP contribution in [-0.4, -0.2) is 17.1 Å². The number of aromatic nitrogens is 1. The summed E-state index contributed by atoms with van der Waals surface area (Å²) in [7, 11) is 1.91. The molecular weight excluding hydrogens is 190 g/mol. The van der Waals surface area contributed by atoms with Crippen molar-refractivity contribution in [3.05, 3.63) is 22.5 Å². The first-order valence-electron chi connectivity index (χ1n) is 5.36. The van der Waals surface area contributed by atoms with E-state index in [1.807, 2.05) is 32.4 Å². The van der Waals surface area contributed by atoms with Gasteiger partial charge in [0.1, 0.15) is 5.69 Å². The summed E-state index contributed by atoms with van der Waals surface area (Å²) in [6.07, 6.45) is 0.949. The zero-order valence-corrected chi connectivity index (χ0v) is 10.2. The van der Waals surface area contributed by atoms with Crippen molar-refractivity contribution < 1.29 is 9.53 Å². The average molecular weight is 209 g/mol. The fourth-order valence-electron chi connectivity index (χ4n) is 2.05. The molecule has 1 aromatic rings. The van der Waals surface area contributed by atoms with Crippen molar-refractivity contribution in [3.63, 3.8) is 0 Å². The van der Waals surface area contributed by atoms with Crippen molar-refractivity contribution in [2.75, 3.05) is 6.61 Å². The normalized spacial score (nSPS) is 10.5. The van der Waals surface area contributed by atoms with Crippen LogP contribution in [0.2, 0.25) is 0 Å². The third-order valence-electron chi connectivity index (χ3n) is 2.91. The van der Waals surface area contributed by atoms with Crippen molar-refractivity contribution in [2.45, 2.75) is 34.1 Å². The Labute approximate surface area is 91.0 Å². The van der Waals surface area contributed by atoms with E-state index in [1.165, 1.54) is 5.56 Å². The van der Waals surface area contributed by atoms with Gasteiger partial charge in [-0.1, -0.05) is 6.92 Å². The number of ether oxygens (including phenoxy) is 1. The van der Waals surface area contributed by atoms with Crippen molar-refractivity contribution in [2.24, 2.45) is 7.05 Å². The van der Waals surface area contributed by atoms with Gasteiger partial charge in [0, 0.05) is 12.7 Å². The standard InChI is InChI=1S/C12H19NO2/c1-6-10-8(3)11(12(14)15-7-2)13(5)9(10)4/h6-7H2,1-5H3. The molecule has 0 atom stereocenters. The molecular formula is C12H19NO2. The number of carbonyl (C=O) groups excluding carboxylic acids is 1. The topological polar surface area (TPSA) is 31.2 Å². The van der Waals surface area contributed by atoms with Crippen LogP contribution in [0.5, 0.6) is 0 Å². The van der Waals surface area contributed by atoms with E-state index in [2.05, 4.69) is 6.92 Å². The summed E-state index contributed by atoms with van der Waals surface area (Å²) in [5.74, 6) is -0.222. The second-order valence-electron chi connectivity index (χ2n) is 3.67. The number of esters is 1. The maximum absolute atomic E-state index is 11.7. The second-order valence-corrected chi connectivity index (χ2v) is 3.67. The van der Waals surface area contributed by atoms with E-state index in [0.717, 1.165) is 17.7 Å². The summed E-state index contributed by atoms with van der Waals surface area (Å²) in [5.41, 5.74) is 4.14. The van der Waals surface area contributed by atoms with Crippen molar-refractivity contribution >= 4 is 5.97 Å². The summed E-state index contributed by atoms with van der Waals surface area (Å²) in [6, 6.07) is 0. The van der Waals surface area contributed by atoms with E-state index in [0.29, 0.717) is 12.3 Å². The minimum absolute atomic E-state index is 0.222. The molecule has 0 fully saturated rings. The van der Waals surface area contributed by atoms with Gasteiger partial charge >= 0.3 is 5.97 Å². The SMILES string of the molecule is CCOC(=O)c1c(C)c(CC)c(C)n1C. The maximum Gasteiger partial charge on any atom is 0.355 e. The zero-order valence-electron chi connectivity index (χ0n) is 10.2. The Balaban J connectivity index is 3.24. The van der Waals surface area contributed by atoms with E-state index in [1.54, 1.807) is 0 Å².